The Labute approximate surface area is 90.3 Å². The fraction of sp³-hybridized carbons (Fsp3) is 0.308. The van der Waals surface area contributed by atoms with Crippen LogP contribution in [-0.4, -0.2) is 11.1 Å². The van der Waals surface area contributed by atoms with E-state index in [1.807, 2.05) is 24.3 Å². The van der Waals surface area contributed by atoms with E-state index >= 15 is 0 Å². The number of aryl methyl sites for hydroxylation is 1. The minimum atomic E-state index is -0.915. The third-order valence-corrected chi connectivity index (χ3v) is 2.34. The smallest absolute Gasteiger partial charge is 0.331 e. The summed E-state index contributed by atoms with van der Waals surface area (Å²) in [7, 11) is 0. The highest BCUT2D eigenvalue weighted by Gasteiger charge is 2.07. The normalized spacial score (nSPS) is 9.93. The lowest BCUT2D eigenvalue weighted by molar-refractivity contribution is -0.132. The van der Waals surface area contributed by atoms with Crippen LogP contribution in [0.1, 0.15) is 24.5 Å². The Balaban J connectivity index is 2.84. The number of carboxylic acids is 1. The van der Waals surface area contributed by atoms with Gasteiger partial charge in [0.25, 0.3) is 0 Å². The van der Waals surface area contributed by atoms with Gasteiger partial charge in [0, 0.05) is 12.0 Å². The van der Waals surface area contributed by atoms with Crippen molar-refractivity contribution in [2.75, 3.05) is 0 Å². The van der Waals surface area contributed by atoms with Gasteiger partial charge < -0.3 is 5.11 Å². The molecular weight excluding hydrogens is 188 g/mol. The molecule has 0 unspecified atom stereocenters. The minimum Gasteiger partial charge on any atom is -0.478 e. The maximum Gasteiger partial charge on any atom is 0.331 e. The van der Waals surface area contributed by atoms with Gasteiger partial charge in [0.2, 0.25) is 0 Å². The van der Waals surface area contributed by atoms with Crippen molar-refractivity contribution in [2.24, 2.45) is 0 Å². The van der Waals surface area contributed by atoms with Gasteiger partial charge in [0.15, 0.2) is 0 Å². The molecule has 0 aliphatic heterocycles. The van der Waals surface area contributed by atoms with Crippen LogP contribution in [0.15, 0.2) is 36.4 Å². The molecule has 0 atom stereocenters. The van der Waals surface area contributed by atoms with Crippen LogP contribution in [0.3, 0.4) is 0 Å². The molecule has 1 N–H and O–H groups in total. The van der Waals surface area contributed by atoms with Crippen molar-refractivity contribution in [3.8, 4) is 0 Å². The summed E-state index contributed by atoms with van der Waals surface area (Å²) >= 11 is 0. The van der Waals surface area contributed by atoms with Crippen molar-refractivity contribution < 1.29 is 9.90 Å². The molecule has 1 aromatic rings. The summed E-state index contributed by atoms with van der Waals surface area (Å²) < 4.78 is 0. The molecular formula is C13H16O2. The van der Waals surface area contributed by atoms with Crippen molar-refractivity contribution in [3.63, 3.8) is 0 Å². The number of carbonyl (C=O) groups is 1. The molecule has 0 aromatic heterocycles. The topological polar surface area (TPSA) is 37.3 Å². The molecule has 0 aliphatic carbocycles. The molecule has 0 spiro atoms. The molecule has 0 amide bonds. The second-order valence-electron chi connectivity index (χ2n) is 3.60. The second kappa shape index (κ2) is 5.35. The van der Waals surface area contributed by atoms with E-state index in [0.29, 0.717) is 6.42 Å². The van der Waals surface area contributed by atoms with E-state index in [1.54, 1.807) is 0 Å². The number of aliphatic carboxylic acids is 1. The predicted octanol–water partition coefficient (Wildman–Crippen LogP) is 2.82. The third-order valence-electron chi connectivity index (χ3n) is 2.34. The van der Waals surface area contributed by atoms with Crippen molar-refractivity contribution in [3.05, 3.63) is 47.5 Å². The fourth-order valence-corrected chi connectivity index (χ4v) is 1.55. The molecule has 0 heterocycles. The lowest BCUT2D eigenvalue weighted by Gasteiger charge is -2.08. The Morgan fingerprint density at radius 2 is 1.93 bits per heavy atom. The van der Waals surface area contributed by atoms with Crippen LogP contribution >= 0.6 is 0 Å². The Morgan fingerprint density at radius 3 is 2.47 bits per heavy atom. The lowest BCUT2D eigenvalue weighted by atomic mass is 9.98. The van der Waals surface area contributed by atoms with Crippen LogP contribution in [0.5, 0.6) is 0 Å². The number of carboxylic acid groups (broad SMARTS) is 1. The number of hydrogen-bond acceptors (Lipinski definition) is 1. The summed E-state index contributed by atoms with van der Waals surface area (Å²) in [5.74, 6) is -0.915. The second-order valence-corrected chi connectivity index (χ2v) is 3.60. The molecule has 1 rings (SSSR count). The monoisotopic (exact) mass is 204 g/mol. The summed E-state index contributed by atoms with van der Waals surface area (Å²) in [4.78, 5) is 10.7. The van der Waals surface area contributed by atoms with Crippen LogP contribution < -0.4 is 0 Å². The highest BCUT2D eigenvalue weighted by atomic mass is 16.4. The quantitative estimate of drug-likeness (QED) is 0.749. The Hall–Kier alpha value is -1.57. The first kappa shape index (κ1) is 11.5. The maximum atomic E-state index is 10.7. The van der Waals surface area contributed by atoms with Crippen LogP contribution in [0.25, 0.3) is 0 Å². The summed E-state index contributed by atoms with van der Waals surface area (Å²) in [6.45, 7) is 5.67. The molecule has 1 aromatic carbocycles. The van der Waals surface area contributed by atoms with Crippen LogP contribution in [0.2, 0.25) is 0 Å². The van der Waals surface area contributed by atoms with Gasteiger partial charge in [-0.2, -0.15) is 0 Å². The van der Waals surface area contributed by atoms with Crippen LogP contribution in [-0.2, 0) is 17.6 Å². The van der Waals surface area contributed by atoms with E-state index in [0.717, 1.165) is 18.4 Å². The molecule has 15 heavy (non-hydrogen) atoms. The first-order valence-electron chi connectivity index (χ1n) is 5.13. The summed E-state index contributed by atoms with van der Waals surface area (Å²) in [6, 6.07) is 7.94. The predicted molar refractivity (Wildman–Crippen MR) is 60.9 cm³/mol. The highest BCUT2D eigenvalue weighted by molar-refractivity contribution is 5.86. The van der Waals surface area contributed by atoms with E-state index in [1.165, 1.54) is 5.56 Å². The van der Waals surface area contributed by atoms with Crippen LogP contribution in [0.4, 0.5) is 0 Å². The molecule has 2 nitrogen and oxygen atoms in total. The van der Waals surface area contributed by atoms with Gasteiger partial charge in [-0.15, -0.1) is 0 Å². The van der Waals surface area contributed by atoms with Crippen molar-refractivity contribution >= 4 is 5.97 Å². The molecule has 0 radical (unpaired) electrons. The van der Waals surface area contributed by atoms with Crippen molar-refractivity contribution in [1.82, 2.24) is 0 Å². The minimum absolute atomic E-state index is 0.249. The van der Waals surface area contributed by atoms with E-state index < -0.39 is 5.97 Å². The number of benzene rings is 1. The first-order chi connectivity index (χ1) is 7.15. The van der Waals surface area contributed by atoms with Crippen molar-refractivity contribution in [2.45, 2.75) is 26.2 Å². The first-order valence-corrected chi connectivity index (χ1v) is 5.13. The van der Waals surface area contributed by atoms with Crippen LogP contribution in [0, 0.1) is 0 Å². The van der Waals surface area contributed by atoms with Gasteiger partial charge in [-0.1, -0.05) is 44.2 Å². The summed E-state index contributed by atoms with van der Waals surface area (Å²) in [6.07, 6.45) is 2.49. The largest absolute Gasteiger partial charge is 0.478 e. The summed E-state index contributed by atoms with van der Waals surface area (Å²) in [5.41, 5.74) is 2.55. The molecule has 0 fully saturated rings. The van der Waals surface area contributed by atoms with Gasteiger partial charge in [-0.05, 0) is 17.5 Å². The molecule has 0 aliphatic rings. The fourth-order valence-electron chi connectivity index (χ4n) is 1.55. The average molecular weight is 204 g/mol. The summed E-state index contributed by atoms with van der Waals surface area (Å²) in [5, 5.41) is 8.76. The van der Waals surface area contributed by atoms with E-state index in [9.17, 15) is 4.79 Å². The maximum absolute atomic E-state index is 10.7. The zero-order valence-corrected chi connectivity index (χ0v) is 8.99. The zero-order chi connectivity index (χ0) is 11.3. The molecule has 0 bridgehead atoms. The SMILES string of the molecule is C=C(Cc1ccccc1CCC)C(=O)O. The lowest BCUT2D eigenvalue weighted by Crippen LogP contribution is -2.04. The Morgan fingerprint density at radius 1 is 1.33 bits per heavy atom. The highest BCUT2D eigenvalue weighted by Crippen LogP contribution is 2.14. The van der Waals surface area contributed by atoms with Gasteiger partial charge >= 0.3 is 5.97 Å². The van der Waals surface area contributed by atoms with Gasteiger partial charge in [-0.25, -0.2) is 4.79 Å². The third kappa shape index (κ3) is 3.24. The molecule has 2 heteroatoms. The average Bonchev–Trinajstić information content (AvgIpc) is 2.21. The zero-order valence-electron chi connectivity index (χ0n) is 8.99. The van der Waals surface area contributed by atoms with Gasteiger partial charge in [0.1, 0.15) is 0 Å². The van der Waals surface area contributed by atoms with Gasteiger partial charge in [-0.3, -0.25) is 0 Å². The Bertz CT molecular complexity index is 367. The number of rotatable bonds is 5. The van der Waals surface area contributed by atoms with E-state index in [2.05, 4.69) is 13.5 Å². The van der Waals surface area contributed by atoms with E-state index in [4.69, 9.17) is 5.11 Å². The Kier molecular flexibility index (Phi) is 4.10. The molecule has 80 valence electrons. The van der Waals surface area contributed by atoms with Gasteiger partial charge in [0.05, 0.1) is 0 Å². The molecule has 0 saturated carbocycles. The molecule has 0 saturated heterocycles. The van der Waals surface area contributed by atoms with Crippen molar-refractivity contribution in [1.29, 1.82) is 0 Å². The standard InChI is InChI=1S/C13H16O2/c1-3-6-11-7-4-5-8-12(11)9-10(2)13(14)15/h4-5,7-8H,2-3,6,9H2,1H3,(H,14,15). The van der Waals surface area contributed by atoms with E-state index in [-0.39, 0.29) is 5.57 Å². The number of hydrogen-bond donors (Lipinski definition) is 1.